The van der Waals surface area contributed by atoms with Crippen LogP contribution in [0.1, 0.15) is 24.3 Å². The van der Waals surface area contributed by atoms with Crippen molar-refractivity contribution in [3.05, 3.63) is 35.9 Å². The van der Waals surface area contributed by atoms with Crippen LogP contribution in [0.25, 0.3) is 0 Å². The van der Waals surface area contributed by atoms with E-state index in [0.29, 0.717) is 0 Å². The number of hydrogen-bond donors (Lipinski definition) is 1. The highest BCUT2D eigenvalue weighted by Gasteiger charge is 2.36. The fourth-order valence-corrected chi connectivity index (χ4v) is 1.89. The van der Waals surface area contributed by atoms with E-state index in [1.54, 1.807) is 0 Å². The standard InChI is InChI=1S/C11H15N/c12-7-6-10-8-11(10)9-4-2-1-3-5-9/h1-5,10-11H,6-8,12H2/t10-,11+/m1/s1. The lowest BCUT2D eigenvalue weighted by Crippen LogP contribution is -1.99. The van der Waals surface area contributed by atoms with E-state index in [9.17, 15) is 0 Å². The Morgan fingerprint density at radius 3 is 2.67 bits per heavy atom. The number of rotatable bonds is 3. The zero-order valence-electron chi connectivity index (χ0n) is 7.24. The highest BCUT2D eigenvalue weighted by molar-refractivity contribution is 5.25. The van der Waals surface area contributed by atoms with Crippen molar-refractivity contribution in [1.82, 2.24) is 0 Å². The number of benzene rings is 1. The topological polar surface area (TPSA) is 26.0 Å². The molecular formula is C11H15N. The summed E-state index contributed by atoms with van der Waals surface area (Å²) in [7, 11) is 0. The molecule has 0 radical (unpaired) electrons. The molecule has 0 saturated heterocycles. The Morgan fingerprint density at radius 1 is 1.25 bits per heavy atom. The normalized spacial score (nSPS) is 27.1. The Balaban J connectivity index is 1.97. The molecule has 64 valence electrons. The summed E-state index contributed by atoms with van der Waals surface area (Å²) in [5, 5.41) is 0. The minimum Gasteiger partial charge on any atom is -0.330 e. The van der Waals surface area contributed by atoms with E-state index >= 15 is 0 Å². The molecule has 0 unspecified atom stereocenters. The Labute approximate surface area is 73.6 Å². The molecule has 1 saturated carbocycles. The molecule has 2 atom stereocenters. The van der Waals surface area contributed by atoms with Gasteiger partial charge in [0.1, 0.15) is 0 Å². The third-order valence-electron chi connectivity index (χ3n) is 2.69. The van der Waals surface area contributed by atoms with Gasteiger partial charge < -0.3 is 5.73 Å². The Morgan fingerprint density at radius 2 is 2.00 bits per heavy atom. The van der Waals surface area contributed by atoms with E-state index in [0.717, 1.165) is 18.4 Å². The van der Waals surface area contributed by atoms with Gasteiger partial charge in [0.15, 0.2) is 0 Å². The quantitative estimate of drug-likeness (QED) is 0.722. The largest absolute Gasteiger partial charge is 0.330 e. The molecule has 2 N–H and O–H groups in total. The summed E-state index contributed by atoms with van der Waals surface area (Å²) >= 11 is 0. The van der Waals surface area contributed by atoms with Crippen LogP contribution in [0.2, 0.25) is 0 Å². The van der Waals surface area contributed by atoms with E-state index < -0.39 is 0 Å². The minimum atomic E-state index is 0.815. The van der Waals surface area contributed by atoms with Crippen LogP contribution in [0.15, 0.2) is 30.3 Å². The van der Waals surface area contributed by atoms with Gasteiger partial charge >= 0.3 is 0 Å². The highest BCUT2D eigenvalue weighted by atomic mass is 14.5. The third kappa shape index (κ3) is 1.51. The van der Waals surface area contributed by atoms with Crippen molar-refractivity contribution in [2.45, 2.75) is 18.8 Å². The van der Waals surface area contributed by atoms with Gasteiger partial charge in [-0.05, 0) is 36.8 Å². The first-order valence-electron chi connectivity index (χ1n) is 4.67. The summed E-state index contributed by atoms with van der Waals surface area (Å²) in [4.78, 5) is 0. The Kier molecular flexibility index (Phi) is 2.13. The lowest BCUT2D eigenvalue weighted by Gasteiger charge is -1.97. The molecule has 0 heterocycles. The van der Waals surface area contributed by atoms with Gasteiger partial charge in [-0.1, -0.05) is 30.3 Å². The van der Waals surface area contributed by atoms with Gasteiger partial charge in [0, 0.05) is 0 Å². The molecule has 1 heteroatoms. The second kappa shape index (κ2) is 3.28. The average molecular weight is 161 g/mol. The first kappa shape index (κ1) is 7.81. The second-order valence-corrected chi connectivity index (χ2v) is 3.59. The van der Waals surface area contributed by atoms with Crippen LogP contribution >= 0.6 is 0 Å². The lowest BCUT2D eigenvalue weighted by molar-refractivity contribution is 0.715. The van der Waals surface area contributed by atoms with E-state index in [-0.39, 0.29) is 0 Å². The fraction of sp³-hybridized carbons (Fsp3) is 0.455. The van der Waals surface area contributed by atoms with Crippen molar-refractivity contribution in [1.29, 1.82) is 0 Å². The van der Waals surface area contributed by atoms with Gasteiger partial charge in [0.05, 0.1) is 0 Å². The van der Waals surface area contributed by atoms with Gasteiger partial charge in [-0.15, -0.1) is 0 Å². The predicted molar refractivity (Wildman–Crippen MR) is 51.0 cm³/mol. The molecule has 0 amide bonds. The SMILES string of the molecule is NCC[C@@H]1C[C@H]1c1ccccc1. The van der Waals surface area contributed by atoms with Gasteiger partial charge in [-0.25, -0.2) is 0 Å². The number of nitrogens with two attached hydrogens (primary N) is 1. The van der Waals surface area contributed by atoms with Crippen molar-refractivity contribution in [3.8, 4) is 0 Å². The summed E-state index contributed by atoms with van der Waals surface area (Å²) in [6, 6.07) is 10.8. The maximum atomic E-state index is 5.51. The zero-order chi connectivity index (χ0) is 8.39. The predicted octanol–water partition coefficient (Wildman–Crippen LogP) is 2.14. The van der Waals surface area contributed by atoms with Gasteiger partial charge in [-0.2, -0.15) is 0 Å². The molecule has 1 aliphatic rings. The average Bonchev–Trinajstić information content (AvgIpc) is 2.87. The van der Waals surface area contributed by atoms with Gasteiger partial charge in [0.2, 0.25) is 0 Å². The van der Waals surface area contributed by atoms with Gasteiger partial charge in [-0.3, -0.25) is 0 Å². The molecule has 1 aromatic rings. The summed E-state index contributed by atoms with van der Waals surface area (Å²) in [6.45, 7) is 0.841. The van der Waals surface area contributed by atoms with Crippen LogP contribution in [0.5, 0.6) is 0 Å². The lowest BCUT2D eigenvalue weighted by atomic mass is 10.1. The van der Waals surface area contributed by atoms with E-state index in [1.807, 2.05) is 0 Å². The van der Waals surface area contributed by atoms with Crippen LogP contribution in [0, 0.1) is 5.92 Å². The van der Waals surface area contributed by atoms with Crippen molar-refractivity contribution < 1.29 is 0 Å². The van der Waals surface area contributed by atoms with E-state index in [4.69, 9.17) is 5.73 Å². The van der Waals surface area contributed by atoms with Crippen LogP contribution in [0.3, 0.4) is 0 Å². The molecular weight excluding hydrogens is 146 g/mol. The number of hydrogen-bond acceptors (Lipinski definition) is 1. The van der Waals surface area contributed by atoms with Crippen LogP contribution in [-0.2, 0) is 0 Å². The van der Waals surface area contributed by atoms with Crippen molar-refractivity contribution in [2.24, 2.45) is 11.7 Å². The molecule has 1 aromatic carbocycles. The molecule has 12 heavy (non-hydrogen) atoms. The molecule has 0 aliphatic heterocycles. The maximum absolute atomic E-state index is 5.51. The van der Waals surface area contributed by atoms with Gasteiger partial charge in [0.25, 0.3) is 0 Å². The van der Waals surface area contributed by atoms with Crippen molar-refractivity contribution in [2.75, 3.05) is 6.54 Å². The third-order valence-corrected chi connectivity index (χ3v) is 2.69. The van der Waals surface area contributed by atoms with Crippen LogP contribution in [-0.4, -0.2) is 6.54 Å². The molecule has 0 spiro atoms. The fourth-order valence-electron chi connectivity index (χ4n) is 1.89. The molecule has 0 aromatic heterocycles. The smallest absolute Gasteiger partial charge is 0.00744 e. The summed E-state index contributed by atoms with van der Waals surface area (Å²) in [6.07, 6.45) is 2.54. The zero-order valence-corrected chi connectivity index (χ0v) is 7.24. The van der Waals surface area contributed by atoms with E-state index in [1.165, 1.54) is 18.4 Å². The summed E-state index contributed by atoms with van der Waals surface area (Å²) < 4.78 is 0. The monoisotopic (exact) mass is 161 g/mol. The molecule has 2 rings (SSSR count). The molecule has 1 nitrogen and oxygen atoms in total. The Hall–Kier alpha value is -0.820. The molecule has 1 fully saturated rings. The summed E-state index contributed by atoms with van der Waals surface area (Å²) in [5.74, 6) is 1.69. The van der Waals surface area contributed by atoms with Crippen molar-refractivity contribution in [3.63, 3.8) is 0 Å². The summed E-state index contributed by atoms with van der Waals surface area (Å²) in [5.41, 5.74) is 7.01. The van der Waals surface area contributed by atoms with Crippen LogP contribution in [0.4, 0.5) is 0 Å². The first-order chi connectivity index (χ1) is 5.92. The second-order valence-electron chi connectivity index (χ2n) is 3.59. The molecule has 1 aliphatic carbocycles. The first-order valence-corrected chi connectivity index (χ1v) is 4.67. The maximum Gasteiger partial charge on any atom is -0.00744 e. The minimum absolute atomic E-state index is 0.815. The van der Waals surface area contributed by atoms with Crippen LogP contribution < -0.4 is 5.73 Å². The van der Waals surface area contributed by atoms with E-state index in [2.05, 4.69) is 30.3 Å². The molecule has 0 bridgehead atoms. The highest BCUT2D eigenvalue weighted by Crippen LogP contribution is 2.48. The van der Waals surface area contributed by atoms with Crippen molar-refractivity contribution >= 4 is 0 Å². The Bertz CT molecular complexity index is 242.